The predicted octanol–water partition coefficient (Wildman–Crippen LogP) is 1.69. The molecule has 1 atom stereocenters. The van der Waals surface area contributed by atoms with Crippen molar-refractivity contribution in [1.29, 1.82) is 0 Å². The summed E-state index contributed by atoms with van der Waals surface area (Å²) in [5, 5.41) is 3.26. The van der Waals surface area contributed by atoms with Crippen LogP contribution in [0.4, 0.5) is 0 Å². The highest BCUT2D eigenvalue weighted by atomic mass is 32.2. The van der Waals surface area contributed by atoms with Crippen molar-refractivity contribution in [3.63, 3.8) is 0 Å². The van der Waals surface area contributed by atoms with Crippen LogP contribution >= 0.6 is 0 Å². The molecule has 7 heteroatoms. The Bertz CT molecular complexity index is 712. The number of piperazine rings is 1. The number of nitrogens with one attached hydrogen (secondary N) is 1. The minimum Gasteiger partial charge on any atom is -0.333 e. The first kappa shape index (κ1) is 18.4. The summed E-state index contributed by atoms with van der Waals surface area (Å²) in [7, 11) is -3.54. The van der Waals surface area contributed by atoms with Gasteiger partial charge in [-0.2, -0.15) is 4.31 Å². The Morgan fingerprint density at radius 3 is 2.52 bits per heavy atom. The van der Waals surface area contributed by atoms with Crippen LogP contribution in [0.3, 0.4) is 0 Å². The van der Waals surface area contributed by atoms with E-state index in [4.69, 9.17) is 0 Å². The van der Waals surface area contributed by atoms with Crippen LogP contribution in [-0.4, -0.2) is 62.3 Å². The fourth-order valence-electron chi connectivity index (χ4n) is 3.53. The lowest BCUT2D eigenvalue weighted by molar-refractivity contribution is 0.0655. The first-order chi connectivity index (χ1) is 12.0. The van der Waals surface area contributed by atoms with Gasteiger partial charge in [0, 0.05) is 44.3 Å². The van der Waals surface area contributed by atoms with Crippen molar-refractivity contribution in [1.82, 2.24) is 14.5 Å². The number of rotatable bonds is 3. The number of hydrogen-bond donors (Lipinski definition) is 1. The van der Waals surface area contributed by atoms with Gasteiger partial charge in [-0.3, -0.25) is 4.79 Å². The van der Waals surface area contributed by atoms with Crippen molar-refractivity contribution in [3.8, 4) is 0 Å². The number of amides is 1. The first-order valence-corrected chi connectivity index (χ1v) is 10.6. The Morgan fingerprint density at radius 1 is 1.12 bits per heavy atom. The Balaban J connectivity index is 1.84. The van der Waals surface area contributed by atoms with Crippen molar-refractivity contribution in [2.75, 3.05) is 32.7 Å². The van der Waals surface area contributed by atoms with Gasteiger partial charge in [0.15, 0.2) is 0 Å². The Morgan fingerprint density at radius 2 is 1.84 bits per heavy atom. The molecule has 1 aromatic rings. The number of hydrogen-bond acceptors (Lipinski definition) is 4. The normalized spacial score (nSPS) is 23.2. The zero-order valence-electron chi connectivity index (χ0n) is 14.8. The summed E-state index contributed by atoms with van der Waals surface area (Å²) < 4.78 is 27.5. The molecule has 2 fully saturated rings. The Kier molecular flexibility index (Phi) is 5.76. The van der Waals surface area contributed by atoms with Crippen molar-refractivity contribution < 1.29 is 13.2 Å². The van der Waals surface area contributed by atoms with Crippen molar-refractivity contribution in [2.24, 2.45) is 0 Å². The third kappa shape index (κ3) is 4.04. The topological polar surface area (TPSA) is 69.7 Å². The van der Waals surface area contributed by atoms with Gasteiger partial charge in [-0.15, -0.1) is 0 Å². The highest BCUT2D eigenvalue weighted by Gasteiger charge is 2.28. The highest BCUT2D eigenvalue weighted by molar-refractivity contribution is 7.89. The van der Waals surface area contributed by atoms with Gasteiger partial charge in [0.1, 0.15) is 0 Å². The summed E-state index contributed by atoms with van der Waals surface area (Å²) >= 11 is 0. The molecule has 0 radical (unpaired) electrons. The minimum absolute atomic E-state index is 0.0954. The number of benzene rings is 1. The average molecular weight is 365 g/mol. The summed E-state index contributed by atoms with van der Waals surface area (Å²) in [4.78, 5) is 14.8. The highest BCUT2D eigenvalue weighted by Crippen LogP contribution is 2.22. The summed E-state index contributed by atoms with van der Waals surface area (Å²) in [6, 6.07) is 6.62. The molecule has 0 aromatic heterocycles. The molecule has 0 aliphatic carbocycles. The van der Waals surface area contributed by atoms with E-state index in [2.05, 4.69) is 5.32 Å². The summed E-state index contributed by atoms with van der Waals surface area (Å²) in [6.07, 6.45) is 3.95. The maximum atomic E-state index is 12.9. The molecular weight excluding hydrogens is 338 g/mol. The minimum atomic E-state index is -3.54. The first-order valence-electron chi connectivity index (χ1n) is 9.12. The molecule has 2 saturated heterocycles. The molecule has 1 N–H and O–H groups in total. The van der Waals surface area contributed by atoms with E-state index in [1.165, 1.54) is 6.07 Å². The third-order valence-electron chi connectivity index (χ3n) is 5.05. The largest absolute Gasteiger partial charge is 0.333 e. The molecule has 1 aromatic carbocycles. The summed E-state index contributed by atoms with van der Waals surface area (Å²) in [6.45, 7) is 5.30. The van der Waals surface area contributed by atoms with Gasteiger partial charge >= 0.3 is 0 Å². The molecule has 6 nitrogen and oxygen atoms in total. The zero-order valence-corrected chi connectivity index (χ0v) is 15.6. The van der Waals surface area contributed by atoms with Crippen LogP contribution in [0.15, 0.2) is 29.2 Å². The van der Waals surface area contributed by atoms with E-state index in [0.717, 1.165) is 38.8 Å². The molecule has 3 rings (SSSR count). The number of carbonyl (C=O) groups excluding carboxylic acids is 1. The van der Waals surface area contributed by atoms with Crippen LogP contribution in [0, 0.1) is 0 Å². The standard InChI is InChI=1S/C18H27N3O3S/c1-15-14-19-9-12-21(15)18(22)16-7-6-8-17(13-16)25(23,24)20-10-4-2-3-5-11-20/h6-8,13,15,19H,2-5,9-12,14H2,1H3/t15-/m0/s1. The summed E-state index contributed by atoms with van der Waals surface area (Å²) in [5.74, 6) is -0.0954. The van der Waals surface area contributed by atoms with Gasteiger partial charge in [-0.25, -0.2) is 8.42 Å². The fraction of sp³-hybridized carbons (Fsp3) is 0.611. The number of sulfonamides is 1. The molecule has 0 spiro atoms. The maximum absolute atomic E-state index is 12.9. The Labute approximate surface area is 150 Å². The lowest BCUT2D eigenvalue weighted by Gasteiger charge is -2.34. The molecule has 2 heterocycles. The van der Waals surface area contributed by atoms with Crippen LogP contribution in [0.1, 0.15) is 43.0 Å². The van der Waals surface area contributed by atoms with E-state index in [-0.39, 0.29) is 16.8 Å². The van der Waals surface area contributed by atoms with E-state index in [1.54, 1.807) is 22.5 Å². The third-order valence-corrected chi connectivity index (χ3v) is 6.94. The summed E-state index contributed by atoms with van der Waals surface area (Å²) in [5.41, 5.74) is 0.449. The quantitative estimate of drug-likeness (QED) is 0.885. The second kappa shape index (κ2) is 7.85. The smallest absolute Gasteiger partial charge is 0.254 e. The number of nitrogens with zero attached hydrogens (tertiary/aromatic N) is 2. The van der Waals surface area contributed by atoms with E-state index >= 15 is 0 Å². The van der Waals surface area contributed by atoms with Gasteiger partial charge in [-0.1, -0.05) is 18.9 Å². The average Bonchev–Trinajstić information content (AvgIpc) is 2.92. The van der Waals surface area contributed by atoms with E-state index in [9.17, 15) is 13.2 Å². The SMILES string of the molecule is C[C@H]1CNCCN1C(=O)c1cccc(S(=O)(=O)N2CCCCCC2)c1. The molecular formula is C18H27N3O3S. The van der Waals surface area contributed by atoms with Gasteiger partial charge < -0.3 is 10.2 Å². The van der Waals surface area contributed by atoms with Crippen molar-refractivity contribution in [2.45, 2.75) is 43.5 Å². The van der Waals surface area contributed by atoms with Crippen molar-refractivity contribution in [3.05, 3.63) is 29.8 Å². The molecule has 0 bridgehead atoms. The van der Waals surface area contributed by atoms with E-state index < -0.39 is 10.0 Å². The fourth-order valence-corrected chi connectivity index (χ4v) is 5.09. The van der Waals surface area contributed by atoms with Crippen LogP contribution < -0.4 is 5.32 Å². The van der Waals surface area contributed by atoms with E-state index in [1.807, 2.05) is 11.8 Å². The van der Waals surface area contributed by atoms with Gasteiger partial charge in [-0.05, 0) is 38.0 Å². The zero-order chi connectivity index (χ0) is 17.9. The second-order valence-corrected chi connectivity index (χ2v) is 8.84. The Hall–Kier alpha value is -1.44. The molecule has 1 amide bonds. The van der Waals surface area contributed by atoms with Gasteiger partial charge in [0.05, 0.1) is 4.90 Å². The van der Waals surface area contributed by atoms with Gasteiger partial charge in [0.2, 0.25) is 10.0 Å². The number of carbonyl (C=O) groups is 1. The molecule has 138 valence electrons. The van der Waals surface area contributed by atoms with Crippen LogP contribution in [-0.2, 0) is 10.0 Å². The lowest BCUT2D eigenvalue weighted by atomic mass is 10.1. The molecule has 25 heavy (non-hydrogen) atoms. The molecule has 2 aliphatic heterocycles. The molecule has 2 aliphatic rings. The lowest BCUT2D eigenvalue weighted by Crippen LogP contribution is -2.52. The van der Waals surface area contributed by atoms with Crippen LogP contribution in [0.2, 0.25) is 0 Å². The monoisotopic (exact) mass is 365 g/mol. The second-order valence-electron chi connectivity index (χ2n) is 6.90. The van der Waals surface area contributed by atoms with Crippen LogP contribution in [0.5, 0.6) is 0 Å². The predicted molar refractivity (Wildman–Crippen MR) is 97.0 cm³/mol. The molecule has 0 unspecified atom stereocenters. The molecule has 0 saturated carbocycles. The van der Waals surface area contributed by atoms with Crippen molar-refractivity contribution >= 4 is 15.9 Å². The maximum Gasteiger partial charge on any atom is 0.254 e. The van der Waals surface area contributed by atoms with Gasteiger partial charge in [0.25, 0.3) is 5.91 Å². The van der Waals surface area contributed by atoms with E-state index in [0.29, 0.717) is 25.2 Å². The van der Waals surface area contributed by atoms with Crippen LogP contribution in [0.25, 0.3) is 0 Å².